The standard InChI is InChI=1S/C13H17NO/c1-3-12-11(8-9(2)14)10-6-4-5-7-13(10)15-12/h4-7,9H,3,8,14H2,1-2H3. The van der Waals surface area contributed by atoms with Crippen LogP contribution in [-0.2, 0) is 12.8 Å². The van der Waals surface area contributed by atoms with Crippen molar-refractivity contribution in [3.8, 4) is 0 Å². The summed E-state index contributed by atoms with van der Waals surface area (Å²) in [4.78, 5) is 0. The van der Waals surface area contributed by atoms with Crippen LogP contribution in [0, 0.1) is 0 Å². The summed E-state index contributed by atoms with van der Waals surface area (Å²) in [5.74, 6) is 1.08. The molecule has 1 unspecified atom stereocenters. The summed E-state index contributed by atoms with van der Waals surface area (Å²) in [6, 6.07) is 8.34. The number of fused-ring (bicyclic) bond motifs is 1. The first-order valence-corrected chi connectivity index (χ1v) is 5.47. The molecule has 0 saturated heterocycles. The summed E-state index contributed by atoms with van der Waals surface area (Å²) >= 11 is 0. The van der Waals surface area contributed by atoms with Crippen molar-refractivity contribution in [2.45, 2.75) is 32.7 Å². The van der Waals surface area contributed by atoms with Crippen LogP contribution in [0.4, 0.5) is 0 Å². The fourth-order valence-electron chi connectivity index (χ4n) is 1.98. The molecule has 2 heteroatoms. The fraction of sp³-hybridized carbons (Fsp3) is 0.385. The molecule has 1 aromatic heterocycles. The SMILES string of the molecule is CCc1oc2ccccc2c1CC(C)N. The molecule has 2 aromatic rings. The molecule has 0 aliphatic rings. The van der Waals surface area contributed by atoms with E-state index in [0.717, 1.165) is 24.2 Å². The van der Waals surface area contributed by atoms with E-state index >= 15 is 0 Å². The topological polar surface area (TPSA) is 39.2 Å². The molecule has 1 aromatic carbocycles. The number of hydrogen-bond donors (Lipinski definition) is 1. The van der Waals surface area contributed by atoms with Gasteiger partial charge < -0.3 is 10.2 Å². The number of furan rings is 1. The van der Waals surface area contributed by atoms with Crippen LogP contribution in [0.15, 0.2) is 28.7 Å². The lowest BCUT2D eigenvalue weighted by molar-refractivity contribution is 0.546. The van der Waals surface area contributed by atoms with E-state index < -0.39 is 0 Å². The molecule has 0 bridgehead atoms. The van der Waals surface area contributed by atoms with Gasteiger partial charge in [0.15, 0.2) is 0 Å². The van der Waals surface area contributed by atoms with Crippen molar-refractivity contribution in [3.05, 3.63) is 35.6 Å². The van der Waals surface area contributed by atoms with E-state index in [1.807, 2.05) is 25.1 Å². The number of hydrogen-bond acceptors (Lipinski definition) is 2. The van der Waals surface area contributed by atoms with Gasteiger partial charge in [0, 0.05) is 23.4 Å². The largest absolute Gasteiger partial charge is 0.461 e. The van der Waals surface area contributed by atoms with Gasteiger partial charge in [0.05, 0.1) is 0 Å². The van der Waals surface area contributed by atoms with Gasteiger partial charge in [-0.15, -0.1) is 0 Å². The highest BCUT2D eigenvalue weighted by Crippen LogP contribution is 2.27. The maximum absolute atomic E-state index is 5.86. The van der Waals surface area contributed by atoms with Crippen LogP contribution < -0.4 is 5.73 Å². The van der Waals surface area contributed by atoms with Crippen molar-refractivity contribution in [2.24, 2.45) is 5.73 Å². The molecule has 80 valence electrons. The first-order valence-electron chi connectivity index (χ1n) is 5.47. The van der Waals surface area contributed by atoms with Crippen molar-refractivity contribution < 1.29 is 4.42 Å². The fourth-order valence-corrected chi connectivity index (χ4v) is 1.98. The Morgan fingerprint density at radius 3 is 2.73 bits per heavy atom. The number of aryl methyl sites for hydroxylation is 1. The number of para-hydroxylation sites is 1. The molecule has 0 fully saturated rings. The van der Waals surface area contributed by atoms with Gasteiger partial charge in [-0.05, 0) is 19.4 Å². The highest BCUT2D eigenvalue weighted by molar-refractivity contribution is 5.82. The highest BCUT2D eigenvalue weighted by Gasteiger charge is 2.13. The average Bonchev–Trinajstić information content (AvgIpc) is 2.56. The molecule has 0 spiro atoms. The van der Waals surface area contributed by atoms with Crippen LogP contribution >= 0.6 is 0 Å². The third-order valence-corrected chi connectivity index (χ3v) is 2.63. The maximum atomic E-state index is 5.86. The molecule has 0 radical (unpaired) electrons. The third kappa shape index (κ3) is 1.90. The first kappa shape index (κ1) is 10.2. The molecule has 0 aliphatic carbocycles. The summed E-state index contributed by atoms with van der Waals surface area (Å²) in [5, 5.41) is 1.21. The number of benzene rings is 1. The Morgan fingerprint density at radius 2 is 2.07 bits per heavy atom. The Kier molecular flexibility index (Phi) is 2.78. The van der Waals surface area contributed by atoms with Crippen LogP contribution in [0.1, 0.15) is 25.2 Å². The molecule has 1 atom stereocenters. The van der Waals surface area contributed by atoms with E-state index in [2.05, 4.69) is 13.0 Å². The summed E-state index contributed by atoms with van der Waals surface area (Å²) in [7, 11) is 0. The molecule has 0 saturated carbocycles. The van der Waals surface area contributed by atoms with Gasteiger partial charge in [0.2, 0.25) is 0 Å². The molecule has 15 heavy (non-hydrogen) atoms. The Morgan fingerprint density at radius 1 is 1.33 bits per heavy atom. The van der Waals surface area contributed by atoms with E-state index in [9.17, 15) is 0 Å². The minimum atomic E-state index is 0.177. The van der Waals surface area contributed by atoms with Crippen LogP contribution in [-0.4, -0.2) is 6.04 Å². The van der Waals surface area contributed by atoms with Crippen molar-refractivity contribution in [3.63, 3.8) is 0 Å². The van der Waals surface area contributed by atoms with Gasteiger partial charge in [0.25, 0.3) is 0 Å². The lowest BCUT2D eigenvalue weighted by Gasteiger charge is -2.04. The van der Waals surface area contributed by atoms with Crippen molar-refractivity contribution in [1.82, 2.24) is 0 Å². The highest BCUT2D eigenvalue weighted by atomic mass is 16.3. The Balaban J connectivity index is 2.56. The zero-order valence-electron chi connectivity index (χ0n) is 9.29. The van der Waals surface area contributed by atoms with E-state index in [-0.39, 0.29) is 6.04 Å². The van der Waals surface area contributed by atoms with E-state index in [0.29, 0.717) is 0 Å². The van der Waals surface area contributed by atoms with Crippen molar-refractivity contribution in [2.75, 3.05) is 0 Å². The van der Waals surface area contributed by atoms with Gasteiger partial charge in [-0.3, -0.25) is 0 Å². The quantitative estimate of drug-likeness (QED) is 0.833. The van der Waals surface area contributed by atoms with Crippen LogP contribution in [0.3, 0.4) is 0 Å². The van der Waals surface area contributed by atoms with E-state index in [1.54, 1.807) is 0 Å². The van der Waals surface area contributed by atoms with Crippen LogP contribution in [0.5, 0.6) is 0 Å². The lowest BCUT2D eigenvalue weighted by atomic mass is 10.0. The molecule has 2 N–H and O–H groups in total. The van der Waals surface area contributed by atoms with Gasteiger partial charge in [-0.1, -0.05) is 25.1 Å². The van der Waals surface area contributed by atoms with Crippen LogP contribution in [0.25, 0.3) is 11.0 Å². The third-order valence-electron chi connectivity index (χ3n) is 2.63. The zero-order valence-corrected chi connectivity index (χ0v) is 9.29. The van der Waals surface area contributed by atoms with Gasteiger partial charge in [-0.25, -0.2) is 0 Å². The smallest absolute Gasteiger partial charge is 0.134 e. The zero-order chi connectivity index (χ0) is 10.8. The second kappa shape index (κ2) is 4.07. The molecule has 2 nitrogen and oxygen atoms in total. The minimum absolute atomic E-state index is 0.177. The summed E-state index contributed by atoms with van der Waals surface area (Å²) in [6.07, 6.45) is 1.82. The Labute approximate surface area is 90.1 Å². The molecular formula is C13H17NO. The summed E-state index contributed by atoms with van der Waals surface area (Å²) < 4.78 is 5.79. The average molecular weight is 203 g/mol. The van der Waals surface area contributed by atoms with Crippen molar-refractivity contribution >= 4 is 11.0 Å². The van der Waals surface area contributed by atoms with Crippen LogP contribution in [0.2, 0.25) is 0 Å². The molecule has 1 heterocycles. The second-order valence-electron chi connectivity index (χ2n) is 4.03. The Hall–Kier alpha value is -1.28. The number of rotatable bonds is 3. The lowest BCUT2D eigenvalue weighted by Crippen LogP contribution is -2.18. The maximum Gasteiger partial charge on any atom is 0.134 e. The Bertz CT molecular complexity index is 457. The predicted molar refractivity (Wildman–Crippen MR) is 62.9 cm³/mol. The predicted octanol–water partition coefficient (Wildman–Crippen LogP) is 2.88. The van der Waals surface area contributed by atoms with Gasteiger partial charge in [-0.2, -0.15) is 0 Å². The molecular weight excluding hydrogens is 186 g/mol. The molecule has 0 amide bonds. The first-order chi connectivity index (χ1) is 7.22. The van der Waals surface area contributed by atoms with Crippen molar-refractivity contribution in [1.29, 1.82) is 0 Å². The minimum Gasteiger partial charge on any atom is -0.461 e. The van der Waals surface area contributed by atoms with E-state index in [1.165, 1.54) is 10.9 Å². The molecule has 0 aliphatic heterocycles. The number of nitrogens with two attached hydrogens (primary N) is 1. The molecule has 2 rings (SSSR count). The second-order valence-corrected chi connectivity index (χ2v) is 4.03. The summed E-state index contributed by atoms with van der Waals surface area (Å²) in [6.45, 7) is 4.14. The monoisotopic (exact) mass is 203 g/mol. The normalized spacial score (nSPS) is 13.3. The van der Waals surface area contributed by atoms with Gasteiger partial charge >= 0.3 is 0 Å². The van der Waals surface area contributed by atoms with Gasteiger partial charge in [0.1, 0.15) is 11.3 Å². The van der Waals surface area contributed by atoms with E-state index in [4.69, 9.17) is 10.2 Å². The summed E-state index contributed by atoms with van der Waals surface area (Å²) in [5.41, 5.74) is 8.11.